The van der Waals surface area contributed by atoms with E-state index in [0.29, 0.717) is 17.0 Å². The third kappa shape index (κ3) is 2.20. The molecule has 1 aliphatic heterocycles. The number of nitrogens with two attached hydrogens (primary N) is 1. The number of aromatic amines is 1. The highest BCUT2D eigenvalue weighted by Gasteiger charge is 2.24. The summed E-state index contributed by atoms with van der Waals surface area (Å²) in [4.78, 5) is 16.5. The van der Waals surface area contributed by atoms with Crippen LogP contribution in [0.25, 0.3) is 22.4 Å². The predicted molar refractivity (Wildman–Crippen MR) is 96.6 cm³/mol. The van der Waals surface area contributed by atoms with Crippen molar-refractivity contribution < 1.29 is 0 Å². The standard InChI is InChI=1S/C19H13N3OS/c20-9-14-17(11-5-7-12(21)8-6-11)15-10-24-16-4-2-1-3-13(16)18(15)22-19(14)23/h1-8H,10,21H2,(H,22,23). The fraction of sp³-hybridized carbons (Fsp3) is 0.0526. The summed E-state index contributed by atoms with van der Waals surface area (Å²) in [6, 6.07) is 17.3. The van der Waals surface area contributed by atoms with Crippen LogP contribution in [0.5, 0.6) is 0 Å². The van der Waals surface area contributed by atoms with Crippen LogP contribution in [0.2, 0.25) is 0 Å². The Balaban J connectivity index is 2.08. The van der Waals surface area contributed by atoms with Gasteiger partial charge in [-0.25, -0.2) is 0 Å². The van der Waals surface area contributed by atoms with E-state index in [4.69, 9.17) is 5.73 Å². The summed E-state index contributed by atoms with van der Waals surface area (Å²) in [6.45, 7) is 0. The Morgan fingerprint density at radius 2 is 1.88 bits per heavy atom. The van der Waals surface area contributed by atoms with Gasteiger partial charge >= 0.3 is 0 Å². The average Bonchev–Trinajstić information content (AvgIpc) is 2.61. The van der Waals surface area contributed by atoms with Crippen molar-refractivity contribution in [2.24, 2.45) is 0 Å². The lowest BCUT2D eigenvalue weighted by atomic mass is 9.93. The first kappa shape index (κ1) is 14.6. The summed E-state index contributed by atoms with van der Waals surface area (Å²) >= 11 is 1.71. The predicted octanol–water partition coefficient (Wildman–Crippen LogP) is 3.77. The second-order valence-corrected chi connectivity index (χ2v) is 6.59. The topological polar surface area (TPSA) is 82.7 Å². The quantitative estimate of drug-likeness (QED) is 0.665. The summed E-state index contributed by atoms with van der Waals surface area (Å²) in [5.41, 5.74) is 10.5. The van der Waals surface area contributed by atoms with E-state index < -0.39 is 0 Å². The molecule has 0 atom stereocenters. The van der Waals surface area contributed by atoms with Gasteiger partial charge in [-0.1, -0.05) is 30.3 Å². The molecule has 1 aromatic heterocycles. The first-order chi connectivity index (χ1) is 11.7. The zero-order valence-electron chi connectivity index (χ0n) is 12.7. The molecule has 3 N–H and O–H groups in total. The lowest BCUT2D eigenvalue weighted by Gasteiger charge is -2.22. The molecule has 4 nitrogen and oxygen atoms in total. The molecule has 0 amide bonds. The van der Waals surface area contributed by atoms with Crippen LogP contribution in [0.15, 0.2) is 58.2 Å². The normalized spacial score (nSPS) is 12.1. The molecule has 0 unspecified atom stereocenters. The van der Waals surface area contributed by atoms with Gasteiger partial charge in [0.1, 0.15) is 11.6 Å². The first-order valence-corrected chi connectivity index (χ1v) is 8.45. The fourth-order valence-corrected chi connectivity index (χ4v) is 4.13. The van der Waals surface area contributed by atoms with Crippen LogP contribution >= 0.6 is 11.8 Å². The van der Waals surface area contributed by atoms with Gasteiger partial charge in [0.05, 0.1) is 5.69 Å². The number of benzene rings is 2. The number of hydrogen-bond acceptors (Lipinski definition) is 4. The molecule has 0 fully saturated rings. The van der Waals surface area contributed by atoms with Gasteiger partial charge in [-0.3, -0.25) is 4.79 Å². The number of pyridine rings is 1. The van der Waals surface area contributed by atoms with Gasteiger partial charge in [0.25, 0.3) is 5.56 Å². The molecule has 4 rings (SSSR count). The highest BCUT2D eigenvalue weighted by molar-refractivity contribution is 7.98. The number of rotatable bonds is 1. The minimum atomic E-state index is -0.357. The monoisotopic (exact) mass is 331 g/mol. The molecular formula is C19H13N3OS. The molecule has 2 heterocycles. The molecule has 0 saturated carbocycles. The van der Waals surface area contributed by atoms with Gasteiger partial charge in [-0.15, -0.1) is 11.8 Å². The zero-order chi connectivity index (χ0) is 16.7. The van der Waals surface area contributed by atoms with Crippen molar-refractivity contribution in [3.05, 3.63) is 70.0 Å². The van der Waals surface area contributed by atoms with E-state index >= 15 is 0 Å². The second-order valence-electron chi connectivity index (χ2n) is 5.58. The number of nitrogens with one attached hydrogen (secondary N) is 1. The van der Waals surface area contributed by atoms with Crippen LogP contribution < -0.4 is 11.3 Å². The first-order valence-electron chi connectivity index (χ1n) is 7.46. The SMILES string of the molecule is N#Cc1c(-c2ccc(N)cc2)c2c([nH]c1=O)-c1ccccc1SC2. The van der Waals surface area contributed by atoms with Crippen molar-refractivity contribution in [1.82, 2.24) is 4.98 Å². The Morgan fingerprint density at radius 3 is 2.62 bits per heavy atom. The van der Waals surface area contributed by atoms with Crippen LogP contribution in [-0.2, 0) is 5.75 Å². The minimum absolute atomic E-state index is 0.151. The number of fused-ring (bicyclic) bond motifs is 3. The van der Waals surface area contributed by atoms with Gasteiger partial charge in [-0.2, -0.15) is 5.26 Å². The van der Waals surface area contributed by atoms with E-state index in [1.807, 2.05) is 36.4 Å². The van der Waals surface area contributed by atoms with Crippen molar-refractivity contribution in [3.63, 3.8) is 0 Å². The van der Waals surface area contributed by atoms with Crippen LogP contribution in [0, 0.1) is 11.3 Å². The van der Waals surface area contributed by atoms with Gasteiger partial charge < -0.3 is 10.7 Å². The number of nitrogens with zero attached hydrogens (tertiary/aromatic N) is 1. The molecule has 0 spiro atoms. The number of nitrogen functional groups attached to an aromatic ring is 1. The van der Waals surface area contributed by atoms with Crippen molar-refractivity contribution in [2.45, 2.75) is 10.6 Å². The molecular weight excluding hydrogens is 318 g/mol. The van der Waals surface area contributed by atoms with E-state index in [1.165, 1.54) is 0 Å². The van der Waals surface area contributed by atoms with Crippen LogP contribution in [0.1, 0.15) is 11.1 Å². The highest BCUT2D eigenvalue weighted by Crippen LogP contribution is 2.43. The maximum atomic E-state index is 12.5. The molecule has 2 aromatic carbocycles. The van der Waals surface area contributed by atoms with Gasteiger partial charge in [0, 0.05) is 27.5 Å². The van der Waals surface area contributed by atoms with Crippen LogP contribution in [-0.4, -0.2) is 4.98 Å². The number of thioether (sulfide) groups is 1. The molecule has 116 valence electrons. The molecule has 1 aliphatic rings. The molecule has 0 bridgehead atoms. The van der Waals surface area contributed by atoms with E-state index in [-0.39, 0.29) is 11.1 Å². The maximum absolute atomic E-state index is 12.5. The Bertz CT molecular complexity index is 1050. The minimum Gasteiger partial charge on any atom is -0.399 e. The lowest BCUT2D eigenvalue weighted by Crippen LogP contribution is -2.17. The van der Waals surface area contributed by atoms with E-state index in [0.717, 1.165) is 27.3 Å². The number of hydrogen-bond donors (Lipinski definition) is 2. The zero-order valence-corrected chi connectivity index (χ0v) is 13.5. The van der Waals surface area contributed by atoms with Crippen molar-refractivity contribution in [3.8, 4) is 28.5 Å². The summed E-state index contributed by atoms with van der Waals surface area (Å²) in [5, 5.41) is 9.51. The van der Waals surface area contributed by atoms with Crippen molar-refractivity contribution >= 4 is 17.4 Å². The van der Waals surface area contributed by atoms with E-state index in [1.54, 1.807) is 23.9 Å². The van der Waals surface area contributed by atoms with Crippen LogP contribution in [0.3, 0.4) is 0 Å². The van der Waals surface area contributed by atoms with E-state index in [9.17, 15) is 10.1 Å². The number of H-pyrrole nitrogens is 1. The van der Waals surface area contributed by atoms with Gasteiger partial charge in [0.2, 0.25) is 0 Å². The molecule has 0 saturated heterocycles. The molecule has 0 aliphatic carbocycles. The summed E-state index contributed by atoms with van der Waals surface area (Å²) in [6.07, 6.45) is 0. The molecule has 24 heavy (non-hydrogen) atoms. The average molecular weight is 331 g/mol. The third-order valence-corrected chi connectivity index (χ3v) is 5.26. The highest BCUT2D eigenvalue weighted by atomic mass is 32.2. The Morgan fingerprint density at radius 1 is 1.12 bits per heavy atom. The van der Waals surface area contributed by atoms with Gasteiger partial charge in [-0.05, 0) is 29.3 Å². The molecule has 0 radical (unpaired) electrons. The smallest absolute Gasteiger partial charge is 0.266 e. The fourth-order valence-electron chi connectivity index (χ4n) is 3.04. The number of aromatic nitrogens is 1. The van der Waals surface area contributed by atoms with Crippen molar-refractivity contribution in [2.75, 3.05) is 5.73 Å². The summed E-state index contributed by atoms with van der Waals surface area (Å²) < 4.78 is 0. The lowest BCUT2D eigenvalue weighted by molar-refractivity contribution is 1.15. The second kappa shape index (κ2) is 5.59. The number of anilines is 1. The van der Waals surface area contributed by atoms with Crippen molar-refractivity contribution in [1.29, 1.82) is 5.26 Å². The van der Waals surface area contributed by atoms with Crippen LogP contribution in [0.4, 0.5) is 5.69 Å². The van der Waals surface area contributed by atoms with E-state index in [2.05, 4.69) is 11.1 Å². The Kier molecular flexibility index (Phi) is 3.40. The molecule has 5 heteroatoms. The Hall–Kier alpha value is -2.97. The number of nitriles is 1. The maximum Gasteiger partial charge on any atom is 0.266 e. The summed E-state index contributed by atoms with van der Waals surface area (Å²) in [7, 11) is 0. The summed E-state index contributed by atoms with van der Waals surface area (Å²) in [5.74, 6) is 0.706. The largest absolute Gasteiger partial charge is 0.399 e. The molecule has 3 aromatic rings. The van der Waals surface area contributed by atoms with Gasteiger partial charge in [0.15, 0.2) is 0 Å². The third-order valence-electron chi connectivity index (χ3n) is 4.16. The Labute approximate surface area is 143 Å².